The molecule has 1 aliphatic heterocycles. The van der Waals surface area contributed by atoms with E-state index in [0.29, 0.717) is 5.92 Å². The third-order valence-corrected chi connectivity index (χ3v) is 5.29. The third-order valence-electron chi connectivity index (χ3n) is 5.29. The van der Waals surface area contributed by atoms with Crippen LogP contribution in [0.25, 0.3) is 11.1 Å². The largest absolute Gasteiger partial charge is 0.337 e. The van der Waals surface area contributed by atoms with Gasteiger partial charge in [-0.3, -0.25) is 4.79 Å². The molecule has 26 heavy (non-hydrogen) atoms. The molecule has 1 fully saturated rings. The summed E-state index contributed by atoms with van der Waals surface area (Å²) >= 11 is 0. The molecule has 0 spiro atoms. The summed E-state index contributed by atoms with van der Waals surface area (Å²) in [5, 5.41) is 0. The fourth-order valence-corrected chi connectivity index (χ4v) is 3.61. The summed E-state index contributed by atoms with van der Waals surface area (Å²) in [5.74, 6) is 0.575. The van der Waals surface area contributed by atoms with Gasteiger partial charge in [-0.15, -0.1) is 0 Å². The molecule has 138 valence electrons. The van der Waals surface area contributed by atoms with Crippen LogP contribution >= 0.6 is 0 Å². The van der Waals surface area contributed by atoms with Gasteiger partial charge in [0, 0.05) is 25.2 Å². The SMILES string of the molecule is Cc1ccc(-c2cc(C(=O)N3CCCN(C)CC3)ccc2C(C)C)cc1. The first kappa shape index (κ1) is 18.7. The van der Waals surface area contributed by atoms with Crippen LogP contribution < -0.4 is 0 Å². The fourth-order valence-electron chi connectivity index (χ4n) is 3.61. The van der Waals surface area contributed by atoms with E-state index in [1.54, 1.807) is 0 Å². The van der Waals surface area contributed by atoms with Gasteiger partial charge in [-0.05, 0) is 61.7 Å². The van der Waals surface area contributed by atoms with Gasteiger partial charge in [0.2, 0.25) is 0 Å². The molecular weight excluding hydrogens is 320 g/mol. The Balaban J connectivity index is 1.94. The molecule has 1 saturated heterocycles. The maximum Gasteiger partial charge on any atom is 0.253 e. The Morgan fingerprint density at radius 3 is 2.38 bits per heavy atom. The van der Waals surface area contributed by atoms with Crippen LogP contribution in [-0.4, -0.2) is 48.9 Å². The third kappa shape index (κ3) is 4.16. The molecule has 0 saturated carbocycles. The highest BCUT2D eigenvalue weighted by Gasteiger charge is 2.20. The predicted molar refractivity (Wildman–Crippen MR) is 109 cm³/mol. The molecular formula is C23H30N2O. The van der Waals surface area contributed by atoms with Crippen molar-refractivity contribution in [2.24, 2.45) is 0 Å². The zero-order valence-corrected chi connectivity index (χ0v) is 16.5. The van der Waals surface area contributed by atoms with E-state index in [-0.39, 0.29) is 5.91 Å². The van der Waals surface area contributed by atoms with E-state index in [0.717, 1.165) is 38.2 Å². The van der Waals surface area contributed by atoms with Crippen molar-refractivity contribution < 1.29 is 4.79 Å². The highest BCUT2D eigenvalue weighted by molar-refractivity contribution is 5.96. The van der Waals surface area contributed by atoms with E-state index < -0.39 is 0 Å². The zero-order chi connectivity index (χ0) is 18.7. The van der Waals surface area contributed by atoms with E-state index >= 15 is 0 Å². The van der Waals surface area contributed by atoms with E-state index in [1.807, 2.05) is 11.0 Å². The second kappa shape index (κ2) is 8.05. The fraction of sp³-hybridized carbons (Fsp3) is 0.435. The van der Waals surface area contributed by atoms with Crippen molar-refractivity contribution >= 4 is 5.91 Å². The number of likely N-dealkylation sites (N-methyl/N-ethyl adjacent to an activating group) is 1. The summed E-state index contributed by atoms with van der Waals surface area (Å²) < 4.78 is 0. The number of aryl methyl sites for hydroxylation is 1. The van der Waals surface area contributed by atoms with E-state index in [4.69, 9.17) is 0 Å². The van der Waals surface area contributed by atoms with Gasteiger partial charge in [-0.25, -0.2) is 0 Å². The van der Waals surface area contributed by atoms with Crippen molar-refractivity contribution in [3.8, 4) is 11.1 Å². The number of rotatable bonds is 3. The van der Waals surface area contributed by atoms with Crippen LogP contribution in [0.5, 0.6) is 0 Å². The molecule has 0 radical (unpaired) electrons. The van der Waals surface area contributed by atoms with Crippen LogP contribution in [0.4, 0.5) is 0 Å². The topological polar surface area (TPSA) is 23.6 Å². The standard InChI is InChI=1S/C23H30N2O/c1-17(2)21-11-10-20(16-22(21)19-8-6-18(3)7-9-19)23(26)25-13-5-12-24(4)14-15-25/h6-11,16-17H,5,12-15H2,1-4H3. The number of benzene rings is 2. The second-order valence-corrected chi connectivity index (χ2v) is 7.77. The van der Waals surface area contributed by atoms with Crippen LogP contribution in [-0.2, 0) is 0 Å². The first-order valence-corrected chi connectivity index (χ1v) is 9.64. The molecule has 0 unspecified atom stereocenters. The molecule has 1 amide bonds. The molecule has 0 bridgehead atoms. The minimum atomic E-state index is 0.156. The van der Waals surface area contributed by atoms with Crippen LogP contribution in [0.2, 0.25) is 0 Å². The van der Waals surface area contributed by atoms with Gasteiger partial charge in [-0.1, -0.05) is 49.7 Å². The Kier molecular flexibility index (Phi) is 5.77. The lowest BCUT2D eigenvalue weighted by Gasteiger charge is -2.22. The van der Waals surface area contributed by atoms with Crippen LogP contribution in [0, 0.1) is 6.92 Å². The van der Waals surface area contributed by atoms with Crippen molar-refractivity contribution in [1.29, 1.82) is 0 Å². The van der Waals surface area contributed by atoms with Gasteiger partial charge >= 0.3 is 0 Å². The van der Waals surface area contributed by atoms with Gasteiger partial charge in [0.1, 0.15) is 0 Å². The van der Waals surface area contributed by atoms with Gasteiger partial charge in [0.25, 0.3) is 5.91 Å². The molecule has 1 aliphatic rings. The molecule has 0 atom stereocenters. The summed E-state index contributed by atoms with van der Waals surface area (Å²) in [5.41, 5.74) is 5.71. The molecule has 0 N–H and O–H groups in total. The summed E-state index contributed by atoms with van der Waals surface area (Å²) in [6.45, 7) is 10.2. The number of hydrogen-bond acceptors (Lipinski definition) is 2. The maximum atomic E-state index is 13.1. The number of carbonyl (C=O) groups is 1. The normalized spacial score (nSPS) is 16.0. The average Bonchev–Trinajstić information content (AvgIpc) is 2.85. The highest BCUT2D eigenvalue weighted by Crippen LogP contribution is 2.31. The molecule has 3 rings (SSSR count). The quantitative estimate of drug-likeness (QED) is 0.810. The summed E-state index contributed by atoms with van der Waals surface area (Å²) in [6.07, 6.45) is 1.04. The van der Waals surface area contributed by atoms with Crippen LogP contribution in [0.15, 0.2) is 42.5 Å². The van der Waals surface area contributed by atoms with Crippen LogP contribution in [0.1, 0.15) is 47.7 Å². The highest BCUT2D eigenvalue weighted by atomic mass is 16.2. The molecule has 3 heteroatoms. The Morgan fingerprint density at radius 2 is 1.69 bits per heavy atom. The summed E-state index contributed by atoms with van der Waals surface area (Å²) in [4.78, 5) is 17.4. The Bertz CT molecular complexity index is 764. The lowest BCUT2D eigenvalue weighted by Crippen LogP contribution is -2.34. The van der Waals surface area contributed by atoms with Gasteiger partial charge in [-0.2, -0.15) is 0 Å². The minimum absolute atomic E-state index is 0.156. The molecule has 2 aromatic carbocycles. The monoisotopic (exact) mass is 350 g/mol. The molecule has 1 heterocycles. The van der Waals surface area contributed by atoms with Gasteiger partial charge in [0.15, 0.2) is 0 Å². The number of carbonyl (C=O) groups excluding carboxylic acids is 1. The van der Waals surface area contributed by atoms with Crippen molar-refractivity contribution in [2.45, 2.75) is 33.1 Å². The Morgan fingerprint density at radius 1 is 0.962 bits per heavy atom. The first-order valence-electron chi connectivity index (χ1n) is 9.64. The van der Waals surface area contributed by atoms with E-state index in [9.17, 15) is 4.79 Å². The maximum absolute atomic E-state index is 13.1. The van der Waals surface area contributed by atoms with Crippen molar-refractivity contribution in [3.63, 3.8) is 0 Å². The van der Waals surface area contributed by atoms with E-state index in [1.165, 1.54) is 22.3 Å². The zero-order valence-electron chi connectivity index (χ0n) is 16.5. The number of nitrogens with zero attached hydrogens (tertiary/aromatic N) is 2. The Hall–Kier alpha value is -2.13. The number of hydrogen-bond donors (Lipinski definition) is 0. The summed E-state index contributed by atoms with van der Waals surface area (Å²) in [6, 6.07) is 14.8. The summed E-state index contributed by atoms with van der Waals surface area (Å²) in [7, 11) is 2.13. The van der Waals surface area contributed by atoms with Gasteiger partial charge in [0.05, 0.1) is 0 Å². The molecule has 0 aromatic heterocycles. The lowest BCUT2D eigenvalue weighted by molar-refractivity contribution is 0.0763. The second-order valence-electron chi connectivity index (χ2n) is 7.77. The molecule has 3 nitrogen and oxygen atoms in total. The first-order chi connectivity index (χ1) is 12.5. The molecule has 0 aliphatic carbocycles. The molecule has 2 aromatic rings. The average molecular weight is 351 g/mol. The van der Waals surface area contributed by atoms with Crippen molar-refractivity contribution in [3.05, 3.63) is 59.2 Å². The Labute approximate surface area is 157 Å². The predicted octanol–water partition coefficient (Wildman–Crippen LogP) is 4.56. The van der Waals surface area contributed by atoms with Crippen LogP contribution in [0.3, 0.4) is 0 Å². The lowest BCUT2D eigenvalue weighted by atomic mass is 9.90. The van der Waals surface area contributed by atoms with Gasteiger partial charge < -0.3 is 9.80 Å². The number of amides is 1. The minimum Gasteiger partial charge on any atom is -0.337 e. The smallest absolute Gasteiger partial charge is 0.253 e. The van der Waals surface area contributed by atoms with E-state index in [2.05, 4.69) is 69.1 Å². The van der Waals surface area contributed by atoms with Crippen molar-refractivity contribution in [2.75, 3.05) is 33.2 Å². The van der Waals surface area contributed by atoms with Crippen molar-refractivity contribution in [1.82, 2.24) is 9.80 Å².